The zero-order chi connectivity index (χ0) is 21.5. The Hall–Kier alpha value is -3.43. The number of ether oxygens (including phenoxy) is 1. The van der Waals surface area contributed by atoms with Gasteiger partial charge in [-0.2, -0.15) is 5.26 Å². The maximum atomic E-state index is 13.1. The maximum absolute atomic E-state index is 13.1. The Balaban J connectivity index is 1.54. The van der Waals surface area contributed by atoms with E-state index in [1.165, 1.54) is 4.88 Å². The van der Waals surface area contributed by atoms with Crippen LogP contribution in [0.1, 0.15) is 44.8 Å². The van der Waals surface area contributed by atoms with Crippen molar-refractivity contribution in [1.29, 1.82) is 5.26 Å². The monoisotopic (exact) mass is 429 g/mol. The van der Waals surface area contributed by atoms with Crippen LogP contribution >= 0.6 is 11.3 Å². The highest BCUT2D eigenvalue weighted by Crippen LogP contribution is 2.39. The molecule has 1 aliphatic carbocycles. The van der Waals surface area contributed by atoms with Crippen LogP contribution in [0.2, 0.25) is 0 Å². The number of hydrogen-bond acceptors (Lipinski definition) is 5. The first kappa shape index (κ1) is 20.8. The quantitative estimate of drug-likeness (QED) is 0.524. The summed E-state index contributed by atoms with van der Waals surface area (Å²) in [7, 11) is 0. The summed E-state index contributed by atoms with van der Waals surface area (Å²) in [5, 5.41) is 12.4. The largest absolute Gasteiger partial charge is 0.479 e. The van der Waals surface area contributed by atoms with E-state index in [2.05, 4.69) is 10.3 Å². The number of aryl methyl sites for hydroxylation is 1. The first-order valence-corrected chi connectivity index (χ1v) is 11.2. The molecule has 156 valence electrons. The summed E-state index contributed by atoms with van der Waals surface area (Å²) in [5.74, 6) is 0.585. The molecule has 31 heavy (non-hydrogen) atoms. The Morgan fingerprint density at radius 2 is 1.90 bits per heavy atom. The van der Waals surface area contributed by atoms with Crippen molar-refractivity contribution in [3.63, 3.8) is 0 Å². The van der Waals surface area contributed by atoms with E-state index >= 15 is 0 Å². The summed E-state index contributed by atoms with van der Waals surface area (Å²) >= 11 is 1.63. The summed E-state index contributed by atoms with van der Waals surface area (Å²) in [4.78, 5) is 19.1. The minimum Gasteiger partial charge on any atom is -0.479 e. The molecule has 0 atom stereocenters. The number of benzene rings is 2. The first-order valence-electron chi connectivity index (χ1n) is 10.3. The van der Waals surface area contributed by atoms with Gasteiger partial charge in [-0.25, -0.2) is 4.99 Å². The predicted molar refractivity (Wildman–Crippen MR) is 123 cm³/mol. The van der Waals surface area contributed by atoms with Crippen LogP contribution in [0, 0.1) is 11.3 Å². The topological polar surface area (TPSA) is 74.5 Å². The molecule has 1 N–H and O–H groups in total. The lowest BCUT2D eigenvalue weighted by atomic mass is 9.95. The van der Waals surface area contributed by atoms with Crippen LogP contribution in [-0.2, 0) is 19.4 Å². The van der Waals surface area contributed by atoms with Crippen molar-refractivity contribution >= 4 is 28.5 Å². The molecule has 1 amide bonds. The van der Waals surface area contributed by atoms with Gasteiger partial charge in [-0.3, -0.25) is 4.79 Å². The maximum Gasteiger partial charge on any atom is 0.254 e. The van der Waals surface area contributed by atoms with Gasteiger partial charge >= 0.3 is 0 Å². The van der Waals surface area contributed by atoms with Crippen molar-refractivity contribution < 1.29 is 9.53 Å². The van der Waals surface area contributed by atoms with Crippen LogP contribution in [0.3, 0.4) is 0 Å². The Morgan fingerprint density at radius 3 is 2.68 bits per heavy atom. The first-order chi connectivity index (χ1) is 15.2. The van der Waals surface area contributed by atoms with Crippen LogP contribution in [-0.4, -0.2) is 18.7 Å². The third-order valence-corrected chi connectivity index (χ3v) is 6.39. The van der Waals surface area contributed by atoms with Crippen molar-refractivity contribution in [1.82, 2.24) is 5.32 Å². The highest BCUT2D eigenvalue weighted by Gasteiger charge is 2.25. The van der Waals surface area contributed by atoms with Gasteiger partial charge in [0.15, 0.2) is 6.61 Å². The van der Waals surface area contributed by atoms with E-state index in [0.717, 1.165) is 52.9 Å². The van der Waals surface area contributed by atoms with E-state index in [4.69, 9.17) is 10.00 Å². The smallest absolute Gasteiger partial charge is 0.254 e. The van der Waals surface area contributed by atoms with Crippen LogP contribution < -0.4 is 10.1 Å². The second kappa shape index (κ2) is 10.1. The number of nitrogens with one attached hydrogen (secondary N) is 1. The number of thiophene rings is 1. The molecule has 4 rings (SSSR count). The van der Waals surface area contributed by atoms with Crippen molar-refractivity contribution in [3.05, 3.63) is 81.7 Å². The van der Waals surface area contributed by atoms with Gasteiger partial charge in [0.1, 0.15) is 16.8 Å². The van der Waals surface area contributed by atoms with Gasteiger partial charge < -0.3 is 10.1 Å². The predicted octanol–water partition coefficient (Wildman–Crippen LogP) is 5.21. The molecule has 1 heterocycles. The van der Waals surface area contributed by atoms with Gasteiger partial charge in [-0.05, 0) is 66.6 Å². The number of carbonyl (C=O) groups excluding carboxylic acids is 1. The fraction of sp³-hybridized carbons (Fsp3) is 0.240. The van der Waals surface area contributed by atoms with Gasteiger partial charge in [0, 0.05) is 17.6 Å². The van der Waals surface area contributed by atoms with E-state index in [1.807, 2.05) is 60.7 Å². The van der Waals surface area contributed by atoms with Crippen molar-refractivity contribution in [2.45, 2.75) is 32.2 Å². The van der Waals surface area contributed by atoms with E-state index in [9.17, 15) is 4.79 Å². The minimum absolute atomic E-state index is 0.0235. The zero-order valence-corrected chi connectivity index (χ0v) is 18.0. The molecule has 0 aliphatic heterocycles. The normalized spacial score (nSPS) is 12.9. The number of fused-ring (bicyclic) bond motifs is 1. The van der Waals surface area contributed by atoms with Crippen LogP contribution in [0.15, 0.2) is 59.6 Å². The zero-order valence-electron chi connectivity index (χ0n) is 17.1. The summed E-state index contributed by atoms with van der Waals surface area (Å²) in [6, 6.07) is 19.3. The molecular weight excluding hydrogens is 406 g/mol. The summed E-state index contributed by atoms with van der Waals surface area (Å²) < 4.78 is 5.29. The number of hydrogen-bond donors (Lipinski definition) is 1. The number of rotatable bonds is 7. The third-order valence-electron chi connectivity index (χ3n) is 5.19. The average Bonchev–Trinajstić information content (AvgIpc) is 3.19. The summed E-state index contributed by atoms with van der Waals surface area (Å²) in [6.45, 7) is 0.521. The Bertz CT molecular complexity index is 1110. The van der Waals surface area contributed by atoms with Crippen LogP contribution in [0.4, 0.5) is 5.00 Å². The fourth-order valence-corrected chi connectivity index (χ4v) is 4.87. The molecule has 2 aromatic carbocycles. The van der Waals surface area contributed by atoms with E-state index in [1.54, 1.807) is 17.6 Å². The molecule has 0 fully saturated rings. The molecule has 0 saturated carbocycles. The van der Waals surface area contributed by atoms with Gasteiger partial charge in [0.05, 0.1) is 5.56 Å². The Kier molecular flexibility index (Phi) is 6.75. The van der Waals surface area contributed by atoms with Crippen molar-refractivity contribution in [3.8, 4) is 11.8 Å². The lowest BCUT2D eigenvalue weighted by molar-refractivity contribution is 0.0951. The molecule has 1 aromatic heterocycles. The average molecular weight is 430 g/mol. The molecule has 0 bridgehead atoms. The summed E-state index contributed by atoms with van der Waals surface area (Å²) in [5.41, 5.74) is 3.87. The molecule has 3 aromatic rings. The highest BCUT2D eigenvalue weighted by molar-refractivity contribution is 7.16. The number of carbonyl (C=O) groups is 1. The Morgan fingerprint density at radius 1 is 1.13 bits per heavy atom. The third kappa shape index (κ3) is 5.19. The van der Waals surface area contributed by atoms with E-state index < -0.39 is 0 Å². The fourth-order valence-electron chi connectivity index (χ4n) is 3.64. The lowest BCUT2D eigenvalue weighted by Crippen LogP contribution is -2.24. The van der Waals surface area contributed by atoms with E-state index in [0.29, 0.717) is 12.3 Å². The van der Waals surface area contributed by atoms with Crippen LogP contribution in [0.25, 0.3) is 0 Å². The van der Waals surface area contributed by atoms with Gasteiger partial charge in [0.2, 0.25) is 0 Å². The molecule has 5 nitrogen and oxygen atoms in total. The molecular formula is C25H23N3O2S. The van der Waals surface area contributed by atoms with Gasteiger partial charge in [-0.1, -0.05) is 30.3 Å². The molecule has 0 radical (unpaired) electrons. The molecule has 0 unspecified atom stereocenters. The minimum atomic E-state index is -0.0596. The number of amides is 1. The van der Waals surface area contributed by atoms with E-state index in [-0.39, 0.29) is 12.5 Å². The second-order valence-electron chi connectivity index (χ2n) is 7.33. The highest BCUT2D eigenvalue weighted by atomic mass is 32.1. The van der Waals surface area contributed by atoms with Crippen molar-refractivity contribution in [2.75, 3.05) is 6.61 Å². The second-order valence-corrected chi connectivity index (χ2v) is 8.42. The summed E-state index contributed by atoms with van der Waals surface area (Å²) in [6.07, 6.45) is 5.99. The lowest BCUT2D eigenvalue weighted by Gasteiger charge is -2.12. The SMILES string of the molecule is N#CCOc1ccc(/C=N/c2sc3c(c2C(=O)NCc2ccccc2)CCCC3)cc1. The molecule has 6 heteroatoms. The standard InChI is InChI=1S/C25H23N3O2S/c26-14-15-30-20-12-10-19(11-13-20)17-28-25-23(21-8-4-5-9-22(21)31-25)24(29)27-16-18-6-2-1-3-7-18/h1-3,6-7,10-13,17H,4-5,8-9,15-16H2,(H,27,29)/b28-17+. The number of nitrogens with zero attached hydrogens (tertiary/aromatic N) is 2. The van der Waals surface area contributed by atoms with Gasteiger partial charge in [0.25, 0.3) is 5.91 Å². The molecule has 0 spiro atoms. The number of nitriles is 1. The van der Waals surface area contributed by atoms with Gasteiger partial charge in [-0.15, -0.1) is 11.3 Å². The van der Waals surface area contributed by atoms with Crippen LogP contribution in [0.5, 0.6) is 5.75 Å². The molecule has 1 aliphatic rings. The number of aliphatic imine (C=N–C) groups is 1. The Labute approximate surface area is 186 Å². The molecule has 0 saturated heterocycles. The van der Waals surface area contributed by atoms with Crippen molar-refractivity contribution in [2.24, 2.45) is 4.99 Å².